The van der Waals surface area contributed by atoms with E-state index in [0.717, 1.165) is 0 Å². The summed E-state index contributed by atoms with van der Waals surface area (Å²) in [4.78, 5) is 20.6. The van der Waals surface area contributed by atoms with E-state index in [2.05, 4.69) is 15.3 Å². The van der Waals surface area contributed by atoms with Gasteiger partial charge in [-0.3, -0.25) is 9.79 Å². The molecule has 2 atom stereocenters. The van der Waals surface area contributed by atoms with Gasteiger partial charge < -0.3 is 20.4 Å². The molecule has 2 aliphatic rings. The lowest BCUT2D eigenvalue weighted by molar-refractivity contribution is 0.0526. The zero-order valence-corrected chi connectivity index (χ0v) is 14.4. The molecule has 3 rings (SSSR count). The van der Waals surface area contributed by atoms with Gasteiger partial charge in [0.1, 0.15) is 30.5 Å². The Morgan fingerprint density at radius 3 is 3.04 bits per heavy atom. The van der Waals surface area contributed by atoms with Crippen molar-refractivity contribution >= 4 is 11.7 Å². The lowest BCUT2D eigenvalue weighted by Gasteiger charge is -2.38. The molecule has 0 saturated carbocycles. The summed E-state index contributed by atoms with van der Waals surface area (Å²) in [6, 6.07) is 0. The zero-order chi connectivity index (χ0) is 18.7. The number of halogens is 2. The molecule has 0 spiro atoms. The van der Waals surface area contributed by atoms with E-state index in [4.69, 9.17) is 10.5 Å². The Bertz CT molecular complexity index is 786. The van der Waals surface area contributed by atoms with Crippen molar-refractivity contribution in [3.8, 4) is 0 Å². The van der Waals surface area contributed by atoms with Gasteiger partial charge in [-0.2, -0.15) is 0 Å². The highest BCUT2D eigenvalue weighted by molar-refractivity contribution is 5.92. The molecule has 26 heavy (non-hydrogen) atoms. The zero-order valence-electron chi connectivity index (χ0n) is 14.4. The monoisotopic (exact) mass is 365 g/mol. The number of allylic oxidation sites excluding steroid dienone is 3. The van der Waals surface area contributed by atoms with E-state index in [0.29, 0.717) is 12.2 Å². The number of alkyl halides is 1. The first kappa shape index (κ1) is 18.2. The molecule has 1 amide bonds. The first-order valence-electron chi connectivity index (χ1n) is 8.35. The van der Waals surface area contributed by atoms with Gasteiger partial charge in [-0.05, 0) is 25.5 Å². The molecule has 9 heteroatoms. The maximum absolute atomic E-state index is 14.4. The summed E-state index contributed by atoms with van der Waals surface area (Å²) in [5.41, 5.74) is 4.71. The Hall–Kier alpha value is -2.55. The minimum Gasteiger partial charge on any atom is -0.386 e. The quantitative estimate of drug-likeness (QED) is 0.826. The highest BCUT2D eigenvalue weighted by atomic mass is 19.1. The number of aryl methyl sites for hydroxylation is 1. The van der Waals surface area contributed by atoms with Crippen molar-refractivity contribution < 1.29 is 18.3 Å². The van der Waals surface area contributed by atoms with Gasteiger partial charge in [0.05, 0.1) is 6.61 Å². The van der Waals surface area contributed by atoms with Crippen molar-refractivity contribution in [3.63, 3.8) is 0 Å². The van der Waals surface area contributed by atoms with Crippen LogP contribution < -0.4 is 11.1 Å². The fraction of sp³-hybridized carbons (Fsp3) is 0.471. The number of carbonyl (C=O) groups excluding carboxylic acids is 1. The van der Waals surface area contributed by atoms with Crippen LogP contribution in [0.25, 0.3) is 0 Å². The molecule has 1 aliphatic carbocycles. The van der Waals surface area contributed by atoms with Crippen LogP contribution in [0, 0.1) is 5.92 Å². The summed E-state index contributed by atoms with van der Waals surface area (Å²) in [7, 11) is 0. The summed E-state index contributed by atoms with van der Waals surface area (Å²) < 4.78 is 35.2. The van der Waals surface area contributed by atoms with Crippen LogP contribution in [0.4, 0.5) is 8.78 Å². The highest BCUT2D eigenvalue weighted by Gasteiger charge is 2.45. The molecule has 0 saturated heterocycles. The fourth-order valence-corrected chi connectivity index (χ4v) is 3.22. The third kappa shape index (κ3) is 3.39. The van der Waals surface area contributed by atoms with E-state index in [1.54, 1.807) is 10.8 Å². The van der Waals surface area contributed by atoms with Gasteiger partial charge in [0.2, 0.25) is 0 Å². The molecule has 0 radical (unpaired) electrons. The van der Waals surface area contributed by atoms with E-state index in [9.17, 15) is 13.6 Å². The number of nitrogens with one attached hydrogen (secondary N) is 1. The molecule has 1 aliphatic heterocycles. The van der Waals surface area contributed by atoms with Crippen LogP contribution in [0.1, 0.15) is 24.0 Å². The third-order valence-electron chi connectivity index (χ3n) is 4.58. The maximum Gasteiger partial charge on any atom is 0.291 e. The molecular weight excluding hydrogens is 344 g/mol. The number of hydrogen-bond donors (Lipinski definition) is 2. The molecule has 0 bridgehead atoms. The van der Waals surface area contributed by atoms with E-state index < -0.39 is 29.9 Å². The summed E-state index contributed by atoms with van der Waals surface area (Å²) in [6.07, 6.45) is 5.98. The fourth-order valence-electron chi connectivity index (χ4n) is 3.22. The van der Waals surface area contributed by atoms with E-state index in [-0.39, 0.29) is 31.3 Å². The Morgan fingerprint density at radius 1 is 1.54 bits per heavy atom. The number of hydrogen-bond acceptors (Lipinski definition) is 5. The van der Waals surface area contributed by atoms with Gasteiger partial charge in [0.15, 0.2) is 5.82 Å². The molecule has 1 aromatic rings. The average Bonchev–Trinajstić information content (AvgIpc) is 3.12. The number of amides is 1. The van der Waals surface area contributed by atoms with Crippen molar-refractivity contribution in [2.75, 3.05) is 19.9 Å². The molecule has 3 N–H and O–H groups in total. The number of aromatic nitrogens is 2. The highest BCUT2D eigenvalue weighted by Crippen LogP contribution is 2.38. The predicted octanol–water partition coefficient (Wildman–Crippen LogP) is 1.49. The Kier molecular flexibility index (Phi) is 5.17. The number of carbonyl (C=O) groups is 1. The smallest absolute Gasteiger partial charge is 0.291 e. The largest absolute Gasteiger partial charge is 0.386 e. The number of amidine groups is 1. The van der Waals surface area contributed by atoms with E-state index in [1.807, 2.05) is 6.92 Å². The second kappa shape index (κ2) is 7.36. The Labute approximate surface area is 149 Å². The van der Waals surface area contributed by atoms with Gasteiger partial charge in [-0.15, -0.1) is 0 Å². The van der Waals surface area contributed by atoms with Crippen LogP contribution in [0.3, 0.4) is 0 Å². The van der Waals surface area contributed by atoms with Crippen molar-refractivity contribution in [1.29, 1.82) is 0 Å². The maximum atomic E-state index is 14.4. The standard InChI is InChI=1S/C17H21F2N5O2/c1-2-24-6-5-21-15(24)16(25)22-11-3-4-13(19)12(7-11)17(9-18)10-26-8-14(20)23-17/h3-6,12H,2,7-10H2,1H3,(H2,20,23)(H,22,25)/t12?,17-/m0/s1. The Morgan fingerprint density at radius 2 is 2.35 bits per heavy atom. The molecule has 7 nitrogen and oxygen atoms in total. The van der Waals surface area contributed by atoms with Crippen LogP contribution in [0.2, 0.25) is 0 Å². The minimum absolute atomic E-state index is 0.0718. The van der Waals surface area contributed by atoms with Crippen molar-refractivity contribution in [2.24, 2.45) is 16.6 Å². The molecule has 2 heterocycles. The van der Waals surface area contributed by atoms with E-state index in [1.165, 1.54) is 18.3 Å². The van der Waals surface area contributed by atoms with Crippen LogP contribution in [-0.2, 0) is 11.3 Å². The van der Waals surface area contributed by atoms with Crippen LogP contribution in [-0.4, -0.2) is 46.7 Å². The Balaban J connectivity index is 1.80. The first-order valence-corrected chi connectivity index (χ1v) is 8.35. The molecule has 1 aromatic heterocycles. The number of ether oxygens (including phenoxy) is 1. The van der Waals surface area contributed by atoms with Crippen molar-refractivity contribution in [3.05, 3.63) is 41.9 Å². The topological polar surface area (TPSA) is 94.5 Å². The van der Waals surface area contributed by atoms with Crippen molar-refractivity contribution in [1.82, 2.24) is 14.9 Å². The van der Waals surface area contributed by atoms with Crippen LogP contribution in [0.5, 0.6) is 0 Å². The van der Waals surface area contributed by atoms with Crippen LogP contribution >= 0.6 is 0 Å². The van der Waals surface area contributed by atoms with Gasteiger partial charge in [0, 0.05) is 30.6 Å². The summed E-state index contributed by atoms with van der Waals surface area (Å²) in [5.74, 6) is -1.44. The molecule has 1 unspecified atom stereocenters. The number of nitrogens with two attached hydrogens (primary N) is 1. The van der Waals surface area contributed by atoms with E-state index >= 15 is 0 Å². The molecule has 0 fully saturated rings. The summed E-state index contributed by atoms with van der Waals surface area (Å²) >= 11 is 0. The number of imidazole rings is 1. The summed E-state index contributed by atoms with van der Waals surface area (Å²) in [5, 5.41) is 2.72. The number of rotatable bonds is 5. The second-order valence-electron chi connectivity index (χ2n) is 6.32. The third-order valence-corrected chi connectivity index (χ3v) is 4.58. The van der Waals surface area contributed by atoms with Gasteiger partial charge in [-0.1, -0.05) is 0 Å². The SMILES string of the molecule is CCn1ccnc1C(=O)NC1=CC=C(F)C([C@]2(CF)COCC(N)=N2)C1. The van der Waals surface area contributed by atoms with Crippen LogP contribution in [0.15, 0.2) is 41.1 Å². The average molecular weight is 365 g/mol. The lowest BCUT2D eigenvalue weighted by Crippen LogP contribution is -2.50. The number of nitrogens with zero attached hydrogens (tertiary/aromatic N) is 3. The molecule has 140 valence electrons. The normalized spacial score (nSPS) is 26.0. The van der Waals surface area contributed by atoms with Crippen molar-refractivity contribution in [2.45, 2.75) is 25.4 Å². The van der Waals surface area contributed by atoms with Gasteiger partial charge in [-0.25, -0.2) is 13.8 Å². The minimum atomic E-state index is -1.42. The second-order valence-corrected chi connectivity index (χ2v) is 6.32. The van der Waals surface area contributed by atoms with Gasteiger partial charge in [0.25, 0.3) is 5.91 Å². The summed E-state index contributed by atoms with van der Waals surface area (Å²) in [6.45, 7) is 1.59. The number of aliphatic imine (C=N–C) groups is 1. The lowest BCUT2D eigenvalue weighted by atomic mass is 9.79. The van der Waals surface area contributed by atoms with Gasteiger partial charge >= 0.3 is 0 Å². The molecule has 0 aromatic carbocycles. The predicted molar refractivity (Wildman–Crippen MR) is 91.9 cm³/mol. The molecular formula is C17H21F2N5O2. The first-order chi connectivity index (χ1) is 12.5.